The number of nitrogens with one attached hydrogen (secondary N) is 1. The summed E-state index contributed by atoms with van der Waals surface area (Å²) in [7, 11) is -3.10. The van der Waals surface area contributed by atoms with Gasteiger partial charge in [0.05, 0.1) is 22.0 Å². The van der Waals surface area contributed by atoms with Gasteiger partial charge in [-0.2, -0.15) is 0 Å². The maximum Gasteiger partial charge on any atom is 0.272 e. The Morgan fingerprint density at radius 2 is 2.17 bits per heavy atom. The zero-order chi connectivity index (χ0) is 17.3. The number of carbonyl (C=O) groups excluding carboxylic acids is 1. The minimum atomic E-state index is -3.10. The highest BCUT2D eigenvalue weighted by Crippen LogP contribution is 2.24. The van der Waals surface area contributed by atoms with Crippen molar-refractivity contribution in [3.8, 4) is 5.75 Å². The molecule has 0 bridgehead atoms. The van der Waals surface area contributed by atoms with E-state index < -0.39 is 26.2 Å². The van der Waals surface area contributed by atoms with Gasteiger partial charge in [-0.15, -0.1) is 0 Å². The van der Waals surface area contributed by atoms with Crippen LogP contribution in [0.2, 0.25) is 0 Å². The van der Waals surface area contributed by atoms with Crippen LogP contribution in [0.5, 0.6) is 5.75 Å². The summed E-state index contributed by atoms with van der Waals surface area (Å²) in [5.41, 5.74) is -0.364. The number of benzene rings is 1. The van der Waals surface area contributed by atoms with Gasteiger partial charge in [0, 0.05) is 11.6 Å². The van der Waals surface area contributed by atoms with Crippen molar-refractivity contribution < 1.29 is 22.9 Å². The van der Waals surface area contributed by atoms with E-state index in [-0.39, 0.29) is 23.8 Å². The molecule has 0 radical (unpaired) electrons. The Hall–Kier alpha value is -2.16. The quantitative estimate of drug-likeness (QED) is 0.630. The van der Waals surface area contributed by atoms with Crippen molar-refractivity contribution in [3.63, 3.8) is 0 Å². The first-order valence-electron chi connectivity index (χ1n) is 7.00. The summed E-state index contributed by atoms with van der Waals surface area (Å²) in [4.78, 5) is 22.1. The first-order valence-corrected chi connectivity index (χ1v) is 8.82. The number of sulfone groups is 1. The Bertz CT molecular complexity index is 746. The van der Waals surface area contributed by atoms with Crippen LogP contribution < -0.4 is 10.1 Å². The van der Waals surface area contributed by atoms with Gasteiger partial charge in [-0.05, 0) is 32.4 Å². The predicted molar refractivity (Wildman–Crippen MR) is 83.1 cm³/mol. The molecular formula is C14H18N2O6S. The SMILES string of the molecule is Cc1cc(OCC(=O)N[C@@]2(C)CCS(=O)(=O)C2)ccc1[N+](=O)[O-]. The van der Waals surface area contributed by atoms with Crippen molar-refractivity contribution in [2.75, 3.05) is 18.1 Å². The maximum atomic E-state index is 11.9. The summed E-state index contributed by atoms with van der Waals surface area (Å²) in [6.07, 6.45) is 0.373. The highest BCUT2D eigenvalue weighted by Gasteiger charge is 2.39. The summed E-state index contributed by atoms with van der Waals surface area (Å²) in [6.45, 7) is 2.98. The molecule has 0 saturated carbocycles. The standard InChI is InChI=1S/C14H18N2O6S/c1-10-7-11(3-4-12(10)16(18)19)22-8-13(17)15-14(2)5-6-23(20,21)9-14/h3-4,7H,5-6,8-9H2,1-2H3,(H,15,17)/t14-/m0/s1. The molecule has 0 spiro atoms. The molecule has 8 nitrogen and oxygen atoms in total. The molecule has 0 aliphatic carbocycles. The number of amides is 1. The fraction of sp³-hybridized carbons (Fsp3) is 0.500. The van der Waals surface area contributed by atoms with Gasteiger partial charge in [0.25, 0.3) is 11.6 Å². The monoisotopic (exact) mass is 342 g/mol. The summed E-state index contributed by atoms with van der Waals surface area (Å²) in [6, 6.07) is 4.21. The van der Waals surface area contributed by atoms with Crippen LogP contribution >= 0.6 is 0 Å². The molecule has 1 N–H and O–H groups in total. The van der Waals surface area contributed by atoms with E-state index in [2.05, 4.69) is 5.32 Å². The molecule has 126 valence electrons. The van der Waals surface area contributed by atoms with Gasteiger partial charge in [0.2, 0.25) is 0 Å². The second kappa shape index (κ2) is 6.15. The number of aryl methyl sites for hydroxylation is 1. The minimum Gasteiger partial charge on any atom is -0.484 e. The number of nitro benzene ring substituents is 1. The normalized spacial score (nSPS) is 22.5. The molecule has 1 aliphatic heterocycles. The molecule has 1 atom stereocenters. The Morgan fingerprint density at radius 3 is 2.70 bits per heavy atom. The van der Waals surface area contributed by atoms with Crippen LogP contribution in [0, 0.1) is 17.0 Å². The lowest BCUT2D eigenvalue weighted by molar-refractivity contribution is -0.385. The fourth-order valence-corrected chi connectivity index (χ4v) is 4.65. The highest BCUT2D eigenvalue weighted by molar-refractivity contribution is 7.91. The van der Waals surface area contributed by atoms with Gasteiger partial charge in [-0.3, -0.25) is 14.9 Å². The third kappa shape index (κ3) is 4.41. The minimum absolute atomic E-state index is 0.0227. The number of carbonyl (C=O) groups is 1. The second-order valence-electron chi connectivity index (χ2n) is 5.94. The summed E-state index contributed by atoms with van der Waals surface area (Å²) in [5.74, 6) is -0.109. The molecule has 1 aromatic carbocycles. The largest absolute Gasteiger partial charge is 0.484 e. The first-order chi connectivity index (χ1) is 10.6. The first kappa shape index (κ1) is 17.2. The van der Waals surface area contributed by atoms with Crippen molar-refractivity contribution in [2.24, 2.45) is 0 Å². The predicted octanol–water partition coefficient (Wildman–Crippen LogP) is 0.975. The zero-order valence-corrected chi connectivity index (χ0v) is 13.7. The highest BCUT2D eigenvalue weighted by atomic mass is 32.2. The molecule has 1 heterocycles. The smallest absolute Gasteiger partial charge is 0.272 e. The van der Waals surface area contributed by atoms with Gasteiger partial charge in [0.1, 0.15) is 5.75 Å². The number of rotatable bonds is 5. The number of nitro groups is 1. The molecule has 2 rings (SSSR count). The van der Waals surface area contributed by atoms with Crippen molar-refractivity contribution >= 4 is 21.4 Å². The fourth-order valence-electron chi connectivity index (χ4n) is 2.55. The Kier molecular flexibility index (Phi) is 4.60. The van der Waals surface area contributed by atoms with E-state index >= 15 is 0 Å². The third-order valence-corrected chi connectivity index (χ3v) is 5.58. The topological polar surface area (TPSA) is 116 Å². The van der Waals surface area contributed by atoms with E-state index in [1.807, 2.05) is 0 Å². The van der Waals surface area contributed by atoms with Crippen molar-refractivity contribution in [1.29, 1.82) is 0 Å². The summed E-state index contributed by atoms with van der Waals surface area (Å²) >= 11 is 0. The summed E-state index contributed by atoms with van der Waals surface area (Å²) < 4.78 is 28.3. The number of nitrogens with zero attached hydrogens (tertiary/aromatic N) is 1. The maximum absolute atomic E-state index is 11.9. The van der Waals surface area contributed by atoms with Gasteiger partial charge < -0.3 is 10.1 Å². The molecule has 0 aromatic heterocycles. The van der Waals surface area contributed by atoms with Crippen LogP contribution in [0.4, 0.5) is 5.69 Å². The van der Waals surface area contributed by atoms with Crippen LogP contribution in [0.25, 0.3) is 0 Å². The molecule has 23 heavy (non-hydrogen) atoms. The van der Waals surface area contributed by atoms with E-state index in [1.165, 1.54) is 18.2 Å². The van der Waals surface area contributed by atoms with Gasteiger partial charge in [0.15, 0.2) is 16.4 Å². The van der Waals surface area contributed by atoms with Crippen LogP contribution in [0.3, 0.4) is 0 Å². The van der Waals surface area contributed by atoms with E-state index in [0.29, 0.717) is 17.7 Å². The average molecular weight is 342 g/mol. The number of hydrogen-bond acceptors (Lipinski definition) is 6. The number of ether oxygens (including phenoxy) is 1. The van der Waals surface area contributed by atoms with Crippen LogP contribution in [-0.2, 0) is 14.6 Å². The lowest BCUT2D eigenvalue weighted by Crippen LogP contribution is -2.48. The lowest BCUT2D eigenvalue weighted by atomic mass is 10.0. The van der Waals surface area contributed by atoms with Crippen LogP contribution in [0.1, 0.15) is 18.9 Å². The lowest BCUT2D eigenvalue weighted by Gasteiger charge is -2.23. The molecular weight excluding hydrogens is 324 g/mol. The van der Waals surface area contributed by atoms with Crippen molar-refractivity contribution in [3.05, 3.63) is 33.9 Å². The molecule has 1 aromatic rings. The molecule has 1 aliphatic rings. The van der Waals surface area contributed by atoms with E-state index in [0.717, 1.165) is 0 Å². The Labute approximate surface area is 133 Å². The molecule has 0 unspecified atom stereocenters. The van der Waals surface area contributed by atoms with Crippen molar-refractivity contribution in [2.45, 2.75) is 25.8 Å². The Balaban J connectivity index is 1.92. The van der Waals surface area contributed by atoms with Crippen LogP contribution in [-0.4, -0.2) is 42.9 Å². The number of hydrogen-bond donors (Lipinski definition) is 1. The van der Waals surface area contributed by atoms with Crippen molar-refractivity contribution in [1.82, 2.24) is 5.32 Å². The molecule has 1 fully saturated rings. The average Bonchev–Trinajstić information content (AvgIpc) is 2.69. The molecule has 1 amide bonds. The Morgan fingerprint density at radius 1 is 1.48 bits per heavy atom. The third-order valence-electron chi connectivity index (χ3n) is 3.68. The molecule has 9 heteroatoms. The van der Waals surface area contributed by atoms with Gasteiger partial charge >= 0.3 is 0 Å². The summed E-state index contributed by atoms with van der Waals surface area (Å²) in [5, 5.41) is 13.4. The van der Waals surface area contributed by atoms with E-state index in [1.54, 1.807) is 13.8 Å². The van der Waals surface area contributed by atoms with E-state index in [9.17, 15) is 23.3 Å². The molecule has 1 saturated heterocycles. The van der Waals surface area contributed by atoms with E-state index in [4.69, 9.17) is 4.74 Å². The van der Waals surface area contributed by atoms with Gasteiger partial charge in [-0.1, -0.05) is 0 Å². The zero-order valence-electron chi connectivity index (χ0n) is 12.9. The van der Waals surface area contributed by atoms with Crippen LogP contribution in [0.15, 0.2) is 18.2 Å². The second-order valence-corrected chi connectivity index (χ2v) is 8.13. The van der Waals surface area contributed by atoms with Gasteiger partial charge in [-0.25, -0.2) is 8.42 Å².